The Morgan fingerprint density at radius 1 is 1.32 bits per heavy atom. The maximum Gasteiger partial charge on any atom is 0.123 e. The first-order valence-corrected chi connectivity index (χ1v) is 8.48. The lowest BCUT2D eigenvalue weighted by Crippen LogP contribution is -2.41. The summed E-state index contributed by atoms with van der Waals surface area (Å²) in [7, 11) is 3.59. The Bertz CT molecular complexity index is 723. The molecule has 6 nitrogen and oxygen atoms in total. The third kappa shape index (κ3) is 3.86. The molecular weight excluding hydrogens is 318 g/mol. The lowest BCUT2D eigenvalue weighted by molar-refractivity contribution is 0.203. The Labute approximate surface area is 148 Å². The van der Waals surface area contributed by atoms with E-state index in [0.717, 1.165) is 29.9 Å². The van der Waals surface area contributed by atoms with Crippen molar-refractivity contribution in [2.75, 3.05) is 32.2 Å². The van der Waals surface area contributed by atoms with Crippen molar-refractivity contribution in [1.82, 2.24) is 9.88 Å². The molecule has 1 aliphatic heterocycles. The molecule has 0 unspecified atom stereocenters. The zero-order chi connectivity index (χ0) is 17.8. The average Bonchev–Trinajstić information content (AvgIpc) is 2.62. The highest BCUT2D eigenvalue weighted by Crippen LogP contribution is 2.28. The lowest BCUT2D eigenvalue weighted by atomic mass is 10.1. The van der Waals surface area contributed by atoms with Crippen LogP contribution in [0, 0.1) is 0 Å². The minimum atomic E-state index is 0.0511. The number of aromatic hydroxyl groups is 1. The van der Waals surface area contributed by atoms with Gasteiger partial charge in [0.15, 0.2) is 0 Å². The number of anilines is 1. The molecule has 1 aliphatic rings. The Balaban J connectivity index is 1.85. The second-order valence-corrected chi connectivity index (χ2v) is 6.41. The summed E-state index contributed by atoms with van der Waals surface area (Å²) in [6.45, 7) is 2.24. The zero-order valence-corrected chi connectivity index (χ0v) is 14.7. The van der Waals surface area contributed by atoms with Crippen LogP contribution in [-0.4, -0.2) is 53.4 Å². The Morgan fingerprint density at radius 3 is 2.88 bits per heavy atom. The van der Waals surface area contributed by atoms with E-state index < -0.39 is 0 Å². The Kier molecular flexibility index (Phi) is 5.40. The van der Waals surface area contributed by atoms with E-state index in [9.17, 15) is 10.2 Å². The number of nitrogens with zero attached hydrogens (tertiary/aromatic N) is 3. The second kappa shape index (κ2) is 7.72. The molecule has 0 radical (unpaired) electrons. The number of fused-ring (bicyclic) bond motifs is 1. The van der Waals surface area contributed by atoms with Gasteiger partial charge in [-0.2, -0.15) is 0 Å². The maximum atomic E-state index is 10.2. The van der Waals surface area contributed by atoms with Gasteiger partial charge in [0.2, 0.25) is 0 Å². The van der Waals surface area contributed by atoms with Gasteiger partial charge in [0.1, 0.15) is 11.5 Å². The highest BCUT2D eigenvalue weighted by molar-refractivity contribution is 5.51. The molecule has 25 heavy (non-hydrogen) atoms. The third-order valence-electron chi connectivity index (χ3n) is 4.84. The van der Waals surface area contributed by atoms with Crippen LogP contribution < -0.4 is 9.64 Å². The summed E-state index contributed by atoms with van der Waals surface area (Å²) in [5.74, 6) is 0.876. The molecule has 2 aromatic rings. The standard InChI is InChI=1S/C19H25N3O3/c1-21-15(13-23)7-9-22(12-17-18(21)4-3-8-20-17)11-14-5-6-16(25-2)10-19(14)24/h3-6,8,10,15,23-24H,7,9,11-13H2,1-2H3/t15-/m0/s1. The molecular formula is C19H25N3O3. The molecule has 0 amide bonds. The van der Waals surface area contributed by atoms with Crippen LogP contribution in [0.25, 0.3) is 0 Å². The van der Waals surface area contributed by atoms with Gasteiger partial charge in [-0.1, -0.05) is 6.07 Å². The third-order valence-corrected chi connectivity index (χ3v) is 4.84. The molecule has 0 fully saturated rings. The summed E-state index contributed by atoms with van der Waals surface area (Å²) in [4.78, 5) is 8.90. The van der Waals surface area contributed by atoms with Crippen LogP contribution >= 0.6 is 0 Å². The van der Waals surface area contributed by atoms with Crippen molar-refractivity contribution in [3.8, 4) is 11.5 Å². The van der Waals surface area contributed by atoms with E-state index >= 15 is 0 Å². The molecule has 1 aromatic carbocycles. The molecule has 1 atom stereocenters. The van der Waals surface area contributed by atoms with E-state index in [1.165, 1.54) is 0 Å². The highest BCUT2D eigenvalue weighted by atomic mass is 16.5. The van der Waals surface area contributed by atoms with Gasteiger partial charge in [0.05, 0.1) is 31.1 Å². The predicted octanol–water partition coefficient (Wildman–Crippen LogP) is 2.00. The molecule has 3 rings (SSSR count). The number of methoxy groups -OCH3 is 1. The smallest absolute Gasteiger partial charge is 0.123 e. The van der Waals surface area contributed by atoms with Crippen LogP contribution in [0.15, 0.2) is 36.5 Å². The molecule has 0 aliphatic carbocycles. The number of likely N-dealkylation sites (N-methyl/N-ethyl adjacent to an activating group) is 1. The molecule has 2 N–H and O–H groups in total. The largest absolute Gasteiger partial charge is 0.507 e. The quantitative estimate of drug-likeness (QED) is 0.885. The van der Waals surface area contributed by atoms with Gasteiger partial charge < -0.3 is 19.8 Å². The van der Waals surface area contributed by atoms with E-state index in [1.807, 2.05) is 31.3 Å². The minimum Gasteiger partial charge on any atom is -0.507 e. The topological polar surface area (TPSA) is 69.1 Å². The number of aromatic nitrogens is 1. The lowest BCUT2D eigenvalue weighted by Gasteiger charge is -2.35. The number of phenolic OH excluding ortho intramolecular Hbond substituents is 1. The molecule has 0 saturated heterocycles. The van der Waals surface area contributed by atoms with Gasteiger partial charge in [0.25, 0.3) is 0 Å². The molecule has 0 spiro atoms. The van der Waals surface area contributed by atoms with Gasteiger partial charge in [0, 0.05) is 44.5 Å². The van der Waals surface area contributed by atoms with Gasteiger partial charge in [-0.05, 0) is 24.6 Å². The van der Waals surface area contributed by atoms with Crippen molar-refractivity contribution in [3.05, 3.63) is 47.8 Å². The molecule has 0 bridgehead atoms. The number of aliphatic hydroxyl groups is 1. The van der Waals surface area contributed by atoms with Crippen LogP contribution in [0.5, 0.6) is 11.5 Å². The van der Waals surface area contributed by atoms with Gasteiger partial charge in [-0.3, -0.25) is 9.88 Å². The monoisotopic (exact) mass is 343 g/mol. The van der Waals surface area contributed by atoms with E-state index in [2.05, 4.69) is 14.8 Å². The molecule has 6 heteroatoms. The zero-order valence-electron chi connectivity index (χ0n) is 14.7. The van der Waals surface area contributed by atoms with Crippen molar-refractivity contribution in [2.24, 2.45) is 0 Å². The molecule has 2 heterocycles. The predicted molar refractivity (Wildman–Crippen MR) is 96.9 cm³/mol. The first-order chi connectivity index (χ1) is 12.1. The first kappa shape index (κ1) is 17.5. The van der Waals surface area contributed by atoms with Gasteiger partial charge in [-0.25, -0.2) is 0 Å². The first-order valence-electron chi connectivity index (χ1n) is 8.48. The number of benzene rings is 1. The van der Waals surface area contributed by atoms with Crippen molar-refractivity contribution in [3.63, 3.8) is 0 Å². The summed E-state index contributed by atoms with van der Waals surface area (Å²) in [6.07, 6.45) is 2.64. The van der Waals surface area contributed by atoms with E-state index in [-0.39, 0.29) is 18.4 Å². The van der Waals surface area contributed by atoms with Crippen molar-refractivity contribution in [2.45, 2.75) is 25.6 Å². The van der Waals surface area contributed by atoms with E-state index in [0.29, 0.717) is 18.8 Å². The van der Waals surface area contributed by atoms with Crippen LogP contribution in [0.1, 0.15) is 17.7 Å². The minimum absolute atomic E-state index is 0.0511. The van der Waals surface area contributed by atoms with Crippen molar-refractivity contribution in [1.29, 1.82) is 0 Å². The average molecular weight is 343 g/mol. The van der Waals surface area contributed by atoms with Crippen LogP contribution in [0.4, 0.5) is 5.69 Å². The summed E-state index contributed by atoms with van der Waals surface area (Å²) in [5.41, 5.74) is 2.88. The van der Waals surface area contributed by atoms with Gasteiger partial charge >= 0.3 is 0 Å². The summed E-state index contributed by atoms with van der Waals surface area (Å²) >= 11 is 0. The summed E-state index contributed by atoms with van der Waals surface area (Å²) in [6, 6.07) is 9.40. The van der Waals surface area contributed by atoms with Crippen molar-refractivity contribution >= 4 is 5.69 Å². The molecule has 0 saturated carbocycles. The van der Waals surface area contributed by atoms with E-state index in [1.54, 1.807) is 19.4 Å². The number of hydrogen-bond acceptors (Lipinski definition) is 6. The number of pyridine rings is 1. The summed E-state index contributed by atoms with van der Waals surface area (Å²) in [5, 5.41) is 20.0. The number of ether oxygens (including phenoxy) is 1. The molecule has 1 aromatic heterocycles. The second-order valence-electron chi connectivity index (χ2n) is 6.41. The SMILES string of the molecule is COc1ccc(CN2CC[C@@H](CO)N(C)c3cccnc3C2)c(O)c1. The summed E-state index contributed by atoms with van der Waals surface area (Å²) < 4.78 is 5.15. The normalized spacial score (nSPS) is 18.4. The Hall–Kier alpha value is -2.31. The van der Waals surface area contributed by atoms with E-state index in [4.69, 9.17) is 4.74 Å². The highest BCUT2D eigenvalue weighted by Gasteiger charge is 2.23. The van der Waals surface area contributed by atoms with Crippen molar-refractivity contribution < 1.29 is 14.9 Å². The number of rotatable bonds is 4. The molecule has 134 valence electrons. The van der Waals surface area contributed by atoms with Gasteiger partial charge in [-0.15, -0.1) is 0 Å². The van der Waals surface area contributed by atoms with Crippen LogP contribution in [0.3, 0.4) is 0 Å². The number of hydrogen-bond donors (Lipinski definition) is 2. The van der Waals surface area contributed by atoms with Crippen LogP contribution in [-0.2, 0) is 13.1 Å². The fourth-order valence-corrected chi connectivity index (χ4v) is 3.28. The number of aliphatic hydroxyl groups excluding tert-OH is 1. The Morgan fingerprint density at radius 2 is 2.16 bits per heavy atom. The maximum absolute atomic E-state index is 10.2. The fraction of sp³-hybridized carbons (Fsp3) is 0.421. The number of phenols is 1. The fourth-order valence-electron chi connectivity index (χ4n) is 3.28. The van der Waals surface area contributed by atoms with Crippen LogP contribution in [0.2, 0.25) is 0 Å².